The summed E-state index contributed by atoms with van der Waals surface area (Å²) in [7, 11) is 0. The summed E-state index contributed by atoms with van der Waals surface area (Å²) in [5.41, 5.74) is 7.37. The maximum atomic E-state index is 14.0. The summed E-state index contributed by atoms with van der Waals surface area (Å²) in [4.78, 5) is 27.1. The van der Waals surface area contributed by atoms with E-state index < -0.39 is 17.2 Å². The van der Waals surface area contributed by atoms with Crippen molar-refractivity contribution < 1.29 is 18.3 Å². The van der Waals surface area contributed by atoms with Crippen LogP contribution in [0.4, 0.5) is 14.5 Å². The van der Waals surface area contributed by atoms with E-state index in [1.807, 2.05) is 12.1 Å². The van der Waals surface area contributed by atoms with Crippen LogP contribution in [0.5, 0.6) is 5.75 Å². The number of hydrogen-bond acceptors (Lipinski definition) is 4. The number of halogens is 3. The molecule has 0 aliphatic rings. The molecule has 33 heavy (non-hydrogen) atoms. The molecule has 0 fully saturated rings. The summed E-state index contributed by atoms with van der Waals surface area (Å²) < 4.78 is 33.2. The van der Waals surface area contributed by atoms with Crippen LogP contribution in [0.3, 0.4) is 0 Å². The topological polar surface area (TPSA) is 97.2 Å². The molecule has 1 aromatic heterocycles. The van der Waals surface area contributed by atoms with E-state index >= 15 is 0 Å². The maximum Gasteiger partial charge on any atom is 0.266 e. The molecule has 3 rings (SSSR count). The van der Waals surface area contributed by atoms with Crippen LogP contribution in [0.15, 0.2) is 51.7 Å². The van der Waals surface area contributed by atoms with Crippen LogP contribution in [-0.4, -0.2) is 16.4 Å². The van der Waals surface area contributed by atoms with Gasteiger partial charge in [0.2, 0.25) is 5.91 Å². The zero-order chi connectivity index (χ0) is 24.3. The number of nitrogens with two attached hydrogens (primary N) is 1. The predicted molar refractivity (Wildman–Crippen MR) is 126 cm³/mol. The lowest BCUT2D eigenvalue weighted by molar-refractivity contribution is -0.120. The highest BCUT2D eigenvalue weighted by Crippen LogP contribution is 2.31. The molecule has 0 saturated carbocycles. The number of aromatic amines is 1. The maximum absolute atomic E-state index is 14.0. The lowest BCUT2D eigenvalue weighted by atomic mass is 10.0. The second kappa shape index (κ2) is 9.84. The molecular weight excluding hydrogens is 496 g/mol. The van der Waals surface area contributed by atoms with Gasteiger partial charge in [-0.1, -0.05) is 12.1 Å². The number of anilines is 1. The normalized spacial score (nSPS) is 11.4. The molecular formula is C24H24BrF2N3O3. The fourth-order valence-corrected chi connectivity index (χ4v) is 3.51. The highest BCUT2D eigenvalue weighted by molar-refractivity contribution is 9.10. The standard InChI is InChI=1S/C24H24BrF2N3O3/c1-13-18(10-14-4-8-17(9-5-14)30-23(32)24(2,3)28)21(20(25)22(31)29-13)33-12-15-6-7-16(26)11-19(15)27/h4-9,11H,10,12,28H2,1-3H3,(H,29,31)(H,30,32). The van der Waals surface area contributed by atoms with Crippen molar-refractivity contribution in [2.45, 2.75) is 39.3 Å². The molecule has 0 aliphatic carbocycles. The molecule has 0 saturated heterocycles. The molecule has 1 heterocycles. The number of carbonyl (C=O) groups excluding carboxylic acids is 1. The molecule has 4 N–H and O–H groups in total. The van der Waals surface area contributed by atoms with Crippen molar-refractivity contribution in [3.63, 3.8) is 0 Å². The van der Waals surface area contributed by atoms with Gasteiger partial charge in [-0.3, -0.25) is 9.59 Å². The van der Waals surface area contributed by atoms with Gasteiger partial charge in [-0.15, -0.1) is 0 Å². The zero-order valence-electron chi connectivity index (χ0n) is 18.4. The van der Waals surface area contributed by atoms with Gasteiger partial charge in [0, 0.05) is 35.0 Å². The number of rotatable bonds is 7. The quantitative estimate of drug-likeness (QED) is 0.425. The molecule has 1 amide bonds. The van der Waals surface area contributed by atoms with Gasteiger partial charge in [0.15, 0.2) is 0 Å². The largest absolute Gasteiger partial charge is 0.487 e. The van der Waals surface area contributed by atoms with E-state index in [2.05, 4.69) is 26.2 Å². The van der Waals surface area contributed by atoms with Crippen molar-refractivity contribution >= 4 is 27.5 Å². The second-order valence-electron chi connectivity index (χ2n) is 8.27. The summed E-state index contributed by atoms with van der Waals surface area (Å²) >= 11 is 3.26. The molecule has 0 spiro atoms. The van der Waals surface area contributed by atoms with Gasteiger partial charge in [-0.05, 0) is 66.5 Å². The fourth-order valence-electron chi connectivity index (χ4n) is 3.06. The summed E-state index contributed by atoms with van der Waals surface area (Å²) in [5.74, 6) is -1.44. The highest BCUT2D eigenvalue weighted by Gasteiger charge is 2.22. The Morgan fingerprint density at radius 1 is 1.18 bits per heavy atom. The number of aryl methyl sites for hydroxylation is 1. The van der Waals surface area contributed by atoms with E-state index in [1.54, 1.807) is 32.9 Å². The minimum absolute atomic E-state index is 0.162. The first kappa shape index (κ1) is 24.6. The third-order valence-corrected chi connectivity index (χ3v) is 5.71. The van der Waals surface area contributed by atoms with Gasteiger partial charge in [0.25, 0.3) is 5.56 Å². The van der Waals surface area contributed by atoms with E-state index in [0.717, 1.165) is 17.7 Å². The van der Waals surface area contributed by atoms with Gasteiger partial charge < -0.3 is 20.8 Å². The Kier molecular flexibility index (Phi) is 7.34. The van der Waals surface area contributed by atoms with E-state index in [9.17, 15) is 18.4 Å². The first-order valence-electron chi connectivity index (χ1n) is 10.1. The van der Waals surface area contributed by atoms with E-state index in [-0.39, 0.29) is 33.9 Å². The molecule has 0 unspecified atom stereocenters. The van der Waals surface area contributed by atoms with Crippen LogP contribution >= 0.6 is 15.9 Å². The van der Waals surface area contributed by atoms with Crippen LogP contribution < -0.4 is 21.3 Å². The fraction of sp³-hybridized carbons (Fsp3) is 0.250. The Bertz CT molecular complexity index is 1240. The van der Waals surface area contributed by atoms with Crippen LogP contribution in [0.25, 0.3) is 0 Å². The summed E-state index contributed by atoms with van der Waals surface area (Å²) in [6.45, 7) is 4.80. The molecule has 0 bridgehead atoms. The van der Waals surface area contributed by atoms with Gasteiger partial charge in [0.1, 0.15) is 28.5 Å². The Labute approximate surface area is 198 Å². The van der Waals surface area contributed by atoms with E-state index in [1.165, 1.54) is 6.07 Å². The van der Waals surface area contributed by atoms with Crippen molar-refractivity contribution in [3.05, 3.63) is 91.3 Å². The van der Waals surface area contributed by atoms with Gasteiger partial charge >= 0.3 is 0 Å². The van der Waals surface area contributed by atoms with Crippen molar-refractivity contribution in [1.29, 1.82) is 0 Å². The van der Waals surface area contributed by atoms with Crippen molar-refractivity contribution in [3.8, 4) is 5.75 Å². The number of amides is 1. The first-order valence-corrected chi connectivity index (χ1v) is 10.9. The number of H-pyrrole nitrogens is 1. The van der Waals surface area contributed by atoms with Crippen LogP contribution in [-0.2, 0) is 17.8 Å². The second-order valence-corrected chi connectivity index (χ2v) is 9.07. The van der Waals surface area contributed by atoms with E-state index in [0.29, 0.717) is 23.4 Å². The Balaban J connectivity index is 1.85. The van der Waals surface area contributed by atoms with Gasteiger partial charge in [-0.25, -0.2) is 8.78 Å². The number of ether oxygens (including phenoxy) is 1. The van der Waals surface area contributed by atoms with Crippen LogP contribution in [0, 0.1) is 18.6 Å². The SMILES string of the molecule is Cc1[nH]c(=O)c(Br)c(OCc2ccc(F)cc2F)c1Cc1ccc(NC(=O)C(C)(C)N)cc1. The van der Waals surface area contributed by atoms with Crippen molar-refractivity contribution in [2.75, 3.05) is 5.32 Å². The van der Waals surface area contributed by atoms with Gasteiger partial charge in [-0.2, -0.15) is 0 Å². The average molecular weight is 520 g/mol. The molecule has 2 aromatic carbocycles. The number of benzene rings is 2. The Hall–Kier alpha value is -3.04. The molecule has 9 heteroatoms. The minimum atomic E-state index is -1.01. The van der Waals surface area contributed by atoms with Crippen molar-refractivity contribution in [2.24, 2.45) is 5.73 Å². The Morgan fingerprint density at radius 2 is 1.85 bits per heavy atom. The lowest BCUT2D eigenvalue weighted by Crippen LogP contribution is -2.45. The zero-order valence-corrected chi connectivity index (χ0v) is 20.0. The predicted octanol–water partition coefficient (Wildman–Crippen LogP) is 4.57. The summed E-state index contributed by atoms with van der Waals surface area (Å²) in [6.07, 6.45) is 0.402. The van der Waals surface area contributed by atoms with Gasteiger partial charge in [0.05, 0.1) is 5.54 Å². The molecule has 174 valence electrons. The van der Waals surface area contributed by atoms with Crippen LogP contribution in [0.1, 0.15) is 36.2 Å². The van der Waals surface area contributed by atoms with Crippen LogP contribution in [0.2, 0.25) is 0 Å². The summed E-state index contributed by atoms with van der Waals surface area (Å²) in [5, 5.41) is 2.75. The molecule has 0 aliphatic heterocycles. The molecule has 6 nitrogen and oxygen atoms in total. The van der Waals surface area contributed by atoms with E-state index in [4.69, 9.17) is 10.5 Å². The first-order chi connectivity index (χ1) is 15.5. The molecule has 0 atom stereocenters. The van der Waals surface area contributed by atoms with Crippen molar-refractivity contribution in [1.82, 2.24) is 4.98 Å². The highest BCUT2D eigenvalue weighted by atomic mass is 79.9. The number of carbonyl (C=O) groups is 1. The lowest BCUT2D eigenvalue weighted by Gasteiger charge is -2.18. The minimum Gasteiger partial charge on any atom is -0.487 e. The number of nitrogens with one attached hydrogen (secondary N) is 2. The number of pyridine rings is 1. The average Bonchev–Trinajstić information content (AvgIpc) is 2.73. The summed E-state index contributed by atoms with van der Waals surface area (Å²) in [6, 6.07) is 10.4. The third-order valence-electron chi connectivity index (χ3n) is 4.99. The number of hydrogen-bond donors (Lipinski definition) is 3. The molecule has 0 radical (unpaired) electrons. The monoisotopic (exact) mass is 519 g/mol. The number of aromatic nitrogens is 1. The Morgan fingerprint density at radius 3 is 2.45 bits per heavy atom. The molecule has 3 aromatic rings. The third kappa shape index (κ3) is 6.06. The smallest absolute Gasteiger partial charge is 0.266 e.